The van der Waals surface area contributed by atoms with Crippen molar-refractivity contribution in [2.24, 2.45) is 58.2 Å². The Hall–Kier alpha value is -0.786. The van der Waals surface area contributed by atoms with E-state index < -0.39 is 47.1 Å². The van der Waals surface area contributed by atoms with Crippen molar-refractivity contribution >= 4 is 29.1 Å². The number of aliphatic carboxylic acids is 1. The molecule has 5 rings (SSSR count). The third-order valence-corrected chi connectivity index (χ3v) is 10.8. The van der Waals surface area contributed by atoms with Crippen LogP contribution in [0.25, 0.3) is 0 Å². The largest absolute Gasteiger partial charge is 0.481 e. The van der Waals surface area contributed by atoms with Gasteiger partial charge in [-0.2, -0.15) is 0 Å². The quantitative estimate of drug-likeness (QED) is 0.467. The van der Waals surface area contributed by atoms with E-state index >= 15 is 0 Å². The number of carboxylic acid groups (broad SMARTS) is 1. The zero-order chi connectivity index (χ0) is 24.6. The summed E-state index contributed by atoms with van der Waals surface area (Å²) in [4.78, 5) is 65.1. The smallest absolute Gasteiger partial charge is 0.307 e. The Morgan fingerprint density at radius 1 is 0.829 bits per heavy atom. The van der Waals surface area contributed by atoms with Crippen LogP contribution in [0, 0.1) is 58.2 Å². The SMILES string of the molecule is CCCC(=O)[C@@H]1C2C[C@H]([C@@H]1C(=O)O)[C@@]1(CCC3(CC4C[C@@H]3[C@H](C(=O)CO)[C@@H]4C(=O)CC)C1=O)C2.[Y]. The molecule has 0 amide bonds. The molecule has 0 saturated heterocycles. The van der Waals surface area contributed by atoms with E-state index in [-0.39, 0.29) is 79.5 Å². The standard InChI is InChI=1S/C27H36O7.Y/c1-3-5-18(30)21-14-9-16(23(21)24(32)33)27(11-14)7-6-26(25(27)34)10-13-8-15(26)22(19(31)12-28)20(13)17(29)4-2;/h13-16,20-23,28H,3-12H2,1-2H3,(H,32,33);/t13?,14?,15-,16-,20+,21+,22-,23+,26?,27-;/m1./s1. The molecule has 7 nitrogen and oxygen atoms in total. The number of carbonyl (C=O) groups is 5. The Kier molecular flexibility index (Phi) is 7.40. The maximum Gasteiger partial charge on any atom is 0.307 e. The van der Waals surface area contributed by atoms with Crippen LogP contribution < -0.4 is 0 Å². The predicted molar refractivity (Wildman–Crippen MR) is 120 cm³/mol. The molecule has 35 heavy (non-hydrogen) atoms. The zero-order valence-electron chi connectivity index (χ0n) is 20.7. The van der Waals surface area contributed by atoms with Crippen molar-refractivity contribution in [2.75, 3.05) is 6.61 Å². The van der Waals surface area contributed by atoms with Crippen molar-refractivity contribution in [1.29, 1.82) is 0 Å². The van der Waals surface area contributed by atoms with Gasteiger partial charge in [0.15, 0.2) is 5.78 Å². The number of fused-ring (bicyclic) bond motifs is 6. The molecule has 4 bridgehead atoms. The van der Waals surface area contributed by atoms with E-state index in [1.165, 1.54) is 0 Å². The molecule has 5 saturated carbocycles. The number of carboxylic acids is 1. The average Bonchev–Trinajstić information content (AvgIpc) is 3.60. The Morgan fingerprint density at radius 3 is 1.80 bits per heavy atom. The number of ketones is 4. The molecule has 1 radical (unpaired) electrons. The van der Waals surface area contributed by atoms with Gasteiger partial charge in [-0.1, -0.05) is 13.8 Å². The topological polar surface area (TPSA) is 126 Å². The van der Waals surface area contributed by atoms with Gasteiger partial charge in [0.25, 0.3) is 0 Å². The fourth-order valence-electron chi connectivity index (χ4n) is 9.82. The maximum atomic E-state index is 14.4. The van der Waals surface area contributed by atoms with E-state index in [1.54, 1.807) is 6.92 Å². The fourth-order valence-corrected chi connectivity index (χ4v) is 9.82. The number of carbonyl (C=O) groups excluding carboxylic acids is 4. The third kappa shape index (κ3) is 3.57. The summed E-state index contributed by atoms with van der Waals surface area (Å²) < 4.78 is 0. The number of aliphatic hydroxyl groups excluding tert-OH is 1. The third-order valence-electron chi connectivity index (χ3n) is 10.8. The molecule has 0 aromatic carbocycles. The van der Waals surface area contributed by atoms with Gasteiger partial charge >= 0.3 is 5.97 Å². The summed E-state index contributed by atoms with van der Waals surface area (Å²) in [7, 11) is 0. The van der Waals surface area contributed by atoms with Crippen LogP contribution in [0.5, 0.6) is 0 Å². The van der Waals surface area contributed by atoms with Crippen molar-refractivity contribution < 1.29 is 66.9 Å². The molecule has 0 heterocycles. The monoisotopic (exact) mass is 561 g/mol. The summed E-state index contributed by atoms with van der Waals surface area (Å²) in [5.41, 5.74) is -1.42. The van der Waals surface area contributed by atoms with E-state index in [0.29, 0.717) is 57.8 Å². The van der Waals surface area contributed by atoms with Gasteiger partial charge < -0.3 is 10.2 Å². The second-order valence-corrected chi connectivity index (χ2v) is 11.9. The maximum absolute atomic E-state index is 14.4. The molecule has 0 aromatic rings. The summed E-state index contributed by atoms with van der Waals surface area (Å²) in [6.07, 6.45) is 5.08. The van der Waals surface area contributed by atoms with Gasteiger partial charge in [-0.25, -0.2) is 0 Å². The molecule has 5 aliphatic carbocycles. The van der Waals surface area contributed by atoms with Crippen LogP contribution in [0.15, 0.2) is 0 Å². The first-order valence-electron chi connectivity index (χ1n) is 13.1. The van der Waals surface area contributed by atoms with Gasteiger partial charge in [-0.05, 0) is 68.6 Å². The fraction of sp³-hybridized carbons (Fsp3) is 0.815. The van der Waals surface area contributed by atoms with Crippen LogP contribution in [0.4, 0.5) is 0 Å². The summed E-state index contributed by atoms with van der Waals surface area (Å²) in [6.45, 7) is 3.09. The molecular weight excluding hydrogens is 525 g/mol. The van der Waals surface area contributed by atoms with Crippen LogP contribution >= 0.6 is 0 Å². The van der Waals surface area contributed by atoms with E-state index in [2.05, 4.69) is 0 Å². The van der Waals surface area contributed by atoms with Crippen molar-refractivity contribution in [1.82, 2.24) is 0 Å². The van der Waals surface area contributed by atoms with Crippen LogP contribution in [0.1, 0.15) is 71.6 Å². The Bertz CT molecular complexity index is 961. The minimum Gasteiger partial charge on any atom is -0.481 e. The molecule has 0 aromatic heterocycles. The van der Waals surface area contributed by atoms with Gasteiger partial charge in [0.1, 0.15) is 24.0 Å². The van der Waals surface area contributed by atoms with Crippen LogP contribution in [-0.2, 0) is 56.7 Å². The van der Waals surface area contributed by atoms with Crippen LogP contribution in [0.2, 0.25) is 0 Å². The first-order chi connectivity index (χ1) is 16.2. The molecular formula is C27H36O7Y. The zero-order valence-corrected chi connectivity index (χ0v) is 23.5. The number of Topliss-reactive ketones (excluding diaryl/α,β-unsaturated/α-hetero) is 4. The molecule has 2 N–H and O–H groups in total. The number of hydrogen-bond donors (Lipinski definition) is 2. The summed E-state index contributed by atoms with van der Waals surface area (Å²) >= 11 is 0. The van der Waals surface area contributed by atoms with E-state index in [1.807, 2.05) is 6.92 Å². The van der Waals surface area contributed by atoms with Gasteiger partial charge in [-0.3, -0.25) is 24.0 Å². The second-order valence-electron chi connectivity index (χ2n) is 11.9. The molecule has 189 valence electrons. The summed E-state index contributed by atoms with van der Waals surface area (Å²) in [5.74, 6) is -4.12. The predicted octanol–water partition coefficient (Wildman–Crippen LogP) is 2.86. The van der Waals surface area contributed by atoms with Gasteiger partial charge in [0, 0.05) is 74.1 Å². The first kappa shape index (κ1) is 27.3. The molecule has 5 fully saturated rings. The van der Waals surface area contributed by atoms with Crippen molar-refractivity contribution in [3.63, 3.8) is 0 Å². The molecule has 10 atom stereocenters. The van der Waals surface area contributed by atoms with Crippen LogP contribution in [-0.4, -0.2) is 45.9 Å². The van der Waals surface area contributed by atoms with Gasteiger partial charge in [0.2, 0.25) is 0 Å². The average molecular weight is 561 g/mol. The van der Waals surface area contributed by atoms with Crippen molar-refractivity contribution in [3.8, 4) is 0 Å². The molecule has 0 aliphatic heterocycles. The minimum atomic E-state index is -0.968. The number of aliphatic hydroxyl groups is 1. The normalized spacial score (nSPS) is 44.8. The summed E-state index contributed by atoms with van der Waals surface area (Å²) in [5, 5.41) is 19.8. The molecule has 2 spiro atoms. The van der Waals surface area contributed by atoms with Crippen LogP contribution in [0.3, 0.4) is 0 Å². The van der Waals surface area contributed by atoms with E-state index in [4.69, 9.17) is 0 Å². The Labute approximate surface area is 231 Å². The van der Waals surface area contributed by atoms with E-state index in [9.17, 15) is 34.2 Å². The Morgan fingerprint density at radius 2 is 1.34 bits per heavy atom. The number of hydrogen-bond acceptors (Lipinski definition) is 6. The first-order valence-corrected chi connectivity index (χ1v) is 13.1. The second kappa shape index (κ2) is 9.51. The summed E-state index contributed by atoms with van der Waals surface area (Å²) in [6, 6.07) is 0. The Balaban J connectivity index is 0.00000289. The van der Waals surface area contributed by atoms with Gasteiger partial charge in [-0.15, -0.1) is 0 Å². The van der Waals surface area contributed by atoms with Gasteiger partial charge in [0.05, 0.1) is 5.92 Å². The molecule has 8 heteroatoms. The molecule has 3 unspecified atom stereocenters. The van der Waals surface area contributed by atoms with Crippen molar-refractivity contribution in [3.05, 3.63) is 0 Å². The molecule has 5 aliphatic rings. The minimum absolute atomic E-state index is 0. The van der Waals surface area contributed by atoms with Crippen molar-refractivity contribution in [2.45, 2.75) is 71.6 Å². The van der Waals surface area contributed by atoms with E-state index in [0.717, 1.165) is 0 Å². The number of rotatable bonds is 8.